The highest BCUT2D eigenvalue weighted by molar-refractivity contribution is 5.95. The summed E-state index contributed by atoms with van der Waals surface area (Å²) in [5, 5.41) is 4.24. The number of H-pyrrole nitrogens is 1. The van der Waals surface area contributed by atoms with E-state index in [1.807, 2.05) is 27.9 Å². The summed E-state index contributed by atoms with van der Waals surface area (Å²) >= 11 is 0. The van der Waals surface area contributed by atoms with E-state index in [1.165, 1.54) is 0 Å². The van der Waals surface area contributed by atoms with Crippen molar-refractivity contribution < 1.29 is 4.79 Å². The Morgan fingerprint density at radius 2 is 2.17 bits per heavy atom. The van der Waals surface area contributed by atoms with Crippen LogP contribution < -0.4 is 10.5 Å². The van der Waals surface area contributed by atoms with Gasteiger partial charge in [-0.1, -0.05) is 0 Å². The molecule has 128 valence electrons. The summed E-state index contributed by atoms with van der Waals surface area (Å²) in [7, 11) is 3.64. The highest BCUT2D eigenvalue weighted by atomic mass is 16.2. The summed E-state index contributed by atoms with van der Waals surface area (Å²) in [6.45, 7) is 5.47. The molecule has 3 rings (SSSR count). The summed E-state index contributed by atoms with van der Waals surface area (Å²) in [5.74, 6) is 0.439. The molecule has 0 saturated heterocycles. The zero-order chi connectivity index (χ0) is 17.4. The lowest BCUT2D eigenvalue weighted by Gasteiger charge is -2.28. The van der Waals surface area contributed by atoms with Crippen molar-refractivity contribution in [2.24, 2.45) is 0 Å². The van der Waals surface area contributed by atoms with Gasteiger partial charge in [-0.15, -0.1) is 0 Å². The smallest absolute Gasteiger partial charge is 0.257 e. The molecule has 0 aromatic carbocycles. The molecule has 24 heavy (non-hydrogen) atoms. The normalized spacial score (nSPS) is 13.8. The fraction of sp³-hybridized carbons (Fsp3) is 0.500. The van der Waals surface area contributed by atoms with Crippen LogP contribution in [0.1, 0.15) is 34.2 Å². The molecule has 1 amide bonds. The lowest BCUT2D eigenvalue weighted by molar-refractivity contribution is 0.0730. The summed E-state index contributed by atoms with van der Waals surface area (Å²) in [5.41, 5.74) is 2.69. The number of carbonyl (C=O) groups is 1. The number of aromatic nitrogens is 4. The van der Waals surface area contributed by atoms with Gasteiger partial charge in [0.15, 0.2) is 0 Å². The van der Waals surface area contributed by atoms with Crippen LogP contribution in [0.4, 0.5) is 5.95 Å². The van der Waals surface area contributed by atoms with Gasteiger partial charge in [0.1, 0.15) is 0 Å². The molecule has 0 aliphatic carbocycles. The molecule has 2 aromatic heterocycles. The van der Waals surface area contributed by atoms with Gasteiger partial charge < -0.3 is 9.80 Å². The molecular weight excluding hydrogens is 308 g/mol. The number of carbonyl (C=O) groups excluding carboxylic acids is 1. The van der Waals surface area contributed by atoms with E-state index in [1.54, 1.807) is 20.7 Å². The molecule has 2 aromatic rings. The Hall–Kier alpha value is -2.64. The molecule has 0 spiro atoms. The molecular formula is C16H22N6O2. The van der Waals surface area contributed by atoms with Gasteiger partial charge in [0.2, 0.25) is 5.95 Å². The van der Waals surface area contributed by atoms with Crippen LogP contribution in [0.15, 0.2) is 11.0 Å². The van der Waals surface area contributed by atoms with E-state index in [4.69, 9.17) is 0 Å². The molecule has 1 aliphatic heterocycles. The first-order valence-electron chi connectivity index (χ1n) is 8.03. The van der Waals surface area contributed by atoms with Crippen LogP contribution in [-0.2, 0) is 19.5 Å². The van der Waals surface area contributed by atoms with E-state index in [2.05, 4.69) is 15.1 Å². The van der Waals surface area contributed by atoms with Gasteiger partial charge in [0.25, 0.3) is 11.5 Å². The third-order valence-electron chi connectivity index (χ3n) is 4.40. The number of fused-ring (bicyclic) bond motifs is 1. The van der Waals surface area contributed by atoms with Crippen molar-refractivity contribution >= 4 is 11.9 Å². The number of aryl methyl sites for hydroxylation is 1. The first-order valence-corrected chi connectivity index (χ1v) is 8.03. The van der Waals surface area contributed by atoms with Gasteiger partial charge in [-0.2, -0.15) is 5.10 Å². The van der Waals surface area contributed by atoms with E-state index in [0.29, 0.717) is 42.3 Å². The second-order valence-corrected chi connectivity index (χ2v) is 6.15. The van der Waals surface area contributed by atoms with E-state index in [-0.39, 0.29) is 11.5 Å². The molecule has 3 heterocycles. The number of amides is 1. The molecule has 1 aliphatic rings. The third kappa shape index (κ3) is 2.68. The van der Waals surface area contributed by atoms with Crippen molar-refractivity contribution in [2.75, 3.05) is 25.5 Å². The lowest BCUT2D eigenvalue weighted by atomic mass is 10.1. The van der Waals surface area contributed by atoms with Gasteiger partial charge >= 0.3 is 0 Å². The molecule has 0 atom stereocenters. The van der Waals surface area contributed by atoms with Gasteiger partial charge in [0, 0.05) is 38.4 Å². The van der Waals surface area contributed by atoms with Gasteiger partial charge in [0.05, 0.1) is 24.0 Å². The van der Waals surface area contributed by atoms with Crippen molar-refractivity contribution in [1.82, 2.24) is 24.6 Å². The van der Waals surface area contributed by atoms with Gasteiger partial charge in [-0.05, 0) is 20.3 Å². The second-order valence-electron chi connectivity index (χ2n) is 6.15. The zero-order valence-corrected chi connectivity index (χ0v) is 14.5. The maximum absolute atomic E-state index is 12.8. The average molecular weight is 330 g/mol. The maximum Gasteiger partial charge on any atom is 0.257 e. The zero-order valence-electron chi connectivity index (χ0n) is 14.5. The van der Waals surface area contributed by atoms with Crippen LogP contribution in [0.25, 0.3) is 0 Å². The highest BCUT2D eigenvalue weighted by Gasteiger charge is 2.27. The molecule has 0 saturated carbocycles. The number of rotatable bonds is 3. The fourth-order valence-corrected chi connectivity index (χ4v) is 2.96. The number of hydrogen-bond donors (Lipinski definition) is 1. The first-order chi connectivity index (χ1) is 11.4. The van der Waals surface area contributed by atoms with Crippen LogP contribution in [0.5, 0.6) is 0 Å². The number of nitrogens with one attached hydrogen (secondary N) is 1. The Labute approximate surface area is 140 Å². The van der Waals surface area contributed by atoms with E-state index in [0.717, 1.165) is 12.2 Å². The van der Waals surface area contributed by atoms with Crippen molar-refractivity contribution in [2.45, 2.75) is 33.4 Å². The lowest BCUT2D eigenvalue weighted by Crippen LogP contribution is -2.39. The Bertz CT molecular complexity index is 836. The van der Waals surface area contributed by atoms with Crippen molar-refractivity contribution in [1.29, 1.82) is 0 Å². The molecule has 1 N–H and O–H groups in total. The maximum atomic E-state index is 12.8. The number of hydrogen-bond acceptors (Lipinski definition) is 5. The topological polar surface area (TPSA) is 87.1 Å². The van der Waals surface area contributed by atoms with Crippen LogP contribution in [0, 0.1) is 6.92 Å². The third-order valence-corrected chi connectivity index (χ3v) is 4.40. The Morgan fingerprint density at radius 3 is 2.79 bits per heavy atom. The summed E-state index contributed by atoms with van der Waals surface area (Å²) in [6, 6.07) is 0. The summed E-state index contributed by atoms with van der Waals surface area (Å²) in [4.78, 5) is 35.8. The molecule has 8 heteroatoms. The minimum Gasteiger partial charge on any atom is -0.348 e. The van der Waals surface area contributed by atoms with Crippen LogP contribution in [0.3, 0.4) is 0 Å². The molecule has 0 fully saturated rings. The van der Waals surface area contributed by atoms with E-state index in [9.17, 15) is 9.59 Å². The van der Waals surface area contributed by atoms with Crippen LogP contribution in [-0.4, -0.2) is 51.2 Å². The number of anilines is 1. The molecule has 8 nitrogen and oxygen atoms in total. The van der Waals surface area contributed by atoms with Crippen molar-refractivity contribution in [3.8, 4) is 0 Å². The number of nitrogens with zero attached hydrogens (tertiary/aromatic N) is 5. The summed E-state index contributed by atoms with van der Waals surface area (Å²) < 4.78 is 1.80. The predicted octanol–water partition coefficient (Wildman–Crippen LogP) is 0.559. The SMILES string of the molecule is CCn1ncc(C(=O)N2CCc3c(nc(N(C)C)[nH]c3=O)C2)c1C. The largest absolute Gasteiger partial charge is 0.348 e. The Balaban J connectivity index is 1.90. The van der Waals surface area contributed by atoms with E-state index < -0.39 is 0 Å². The first kappa shape index (κ1) is 16.2. The quantitative estimate of drug-likeness (QED) is 0.888. The van der Waals surface area contributed by atoms with E-state index >= 15 is 0 Å². The predicted molar refractivity (Wildman–Crippen MR) is 90.3 cm³/mol. The number of aromatic amines is 1. The second kappa shape index (κ2) is 6.10. The van der Waals surface area contributed by atoms with Crippen molar-refractivity contribution in [3.05, 3.63) is 39.1 Å². The minimum atomic E-state index is -0.120. The minimum absolute atomic E-state index is 0.0636. The molecule has 0 radical (unpaired) electrons. The highest BCUT2D eigenvalue weighted by Crippen LogP contribution is 2.19. The van der Waals surface area contributed by atoms with Gasteiger partial charge in [-0.25, -0.2) is 4.98 Å². The standard InChI is InChI=1S/C16H22N6O2/c1-5-22-10(2)12(8-17-22)15(24)21-7-6-11-13(9-21)18-16(20(3)4)19-14(11)23/h8H,5-7,9H2,1-4H3,(H,18,19,23). The average Bonchev–Trinajstić information content (AvgIpc) is 2.94. The van der Waals surface area contributed by atoms with Gasteiger partial charge in [-0.3, -0.25) is 19.3 Å². The summed E-state index contributed by atoms with van der Waals surface area (Å²) in [6.07, 6.45) is 2.13. The Morgan fingerprint density at radius 1 is 1.42 bits per heavy atom. The molecule has 0 bridgehead atoms. The Kier molecular flexibility index (Phi) is 4.13. The van der Waals surface area contributed by atoms with Crippen molar-refractivity contribution in [3.63, 3.8) is 0 Å². The molecule has 0 unspecified atom stereocenters. The fourth-order valence-electron chi connectivity index (χ4n) is 2.96. The van der Waals surface area contributed by atoms with Crippen LogP contribution in [0.2, 0.25) is 0 Å². The van der Waals surface area contributed by atoms with Crippen LogP contribution >= 0.6 is 0 Å². The monoisotopic (exact) mass is 330 g/mol.